The molecule has 1 aromatic rings. The second kappa shape index (κ2) is 7.20. The summed E-state index contributed by atoms with van der Waals surface area (Å²) in [6.07, 6.45) is 2.26. The number of hydrazine groups is 1. The van der Waals surface area contributed by atoms with Crippen LogP contribution >= 0.6 is 0 Å². The van der Waals surface area contributed by atoms with Crippen LogP contribution in [0.1, 0.15) is 26.7 Å². The average Bonchev–Trinajstić information content (AvgIpc) is 2.48. The molecule has 0 aromatic carbocycles. The summed E-state index contributed by atoms with van der Waals surface area (Å²) in [4.78, 5) is 14.7. The Bertz CT molecular complexity index is 422. The molecule has 0 radical (unpaired) electrons. The van der Waals surface area contributed by atoms with Gasteiger partial charge in [0.2, 0.25) is 11.9 Å². The fourth-order valence-corrected chi connectivity index (χ4v) is 2.20. The summed E-state index contributed by atoms with van der Waals surface area (Å²) in [5, 5.41) is 0. The second-order valence-electron chi connectivity index (χ2n) is 4.46. The van der Waals surface area contributed by atoms with Gasteiger partial charge in [0, 0.05) is 19.7 Å². The van der Waals surface area contributed by atoms with E-state index in [0.717, 1.165) is 32.5 Å². The van der Waals surface area contributed by atoms with Gasteiger partial charge in [-0.3, -0.25) is 5.43 Å². The third kappa shape index (κ3) is 3.67. The first kappa shape index (κ1) is 14.7. The van der Waals surface area contributed by atoms with Crippen LogP contribution in [0.5, 0.6) is 6.01 Å². The van der Waals surface area contributed by atoms with Gasteiger partial charge in [-0.25, -0.2) is 5.84 Å². The normalized spacial score (nSPS) is 16.2. The lowest BCUT2D eigenvalue weighted by atomic mass is 10.1. The molecule has 1 aliphatic rings. The van der Waals surface area contributed by atoms with Crippen LogP contribution in [-0.4, -0.2) is 47.4 Å². The van der Waals surface area contributed by atoms with Crippen molar-refractivity contribution in [1.29, 1.82) is 0 Å². The number of anilines is 2. The van der Waals surface area contributed by atoms with Crippen LogP contribution in [0.4, 0.5) is 11.9 Å². The highest BCUT2D eigenvalue weighted by atomic mass is 16.5. The number of nitrogens with two attached hydrogens (primary N) is 1. The minimum absolute atomic E-state index is 0.289. The van der Waals surface area contributed by atoms with Crippen LogP contribution in [-0.2, 0) is 4.74 Å². The summed E-state index contributed by atoms with van der Waals surface area (Å²) < 4.78 is 11.0. The van der Waals surface area contributed by atoms with Gasteiger partial charge in [0.05, 0.1) is 12.7 Å². The van der Waals surface area contributed by atoms with Crippen molar-refractivity contribution in [1.82, 2.24) is 15.0 Å². The highest BCUT2D eigenvalue weighted by Gasteiger charge is 2.22. The zero-order valence-corrected chi connectivity index (χ0v) is 12.0. The number of hydrogen-bond acceptors (Lipinski definition) is 8. The lowest BCUT2D eigenvalue weighted by Crippen LogP contribution is -2.38. The lowest BCUT2D eigenvalue weighted by molar-refractivity contribution is 0.0457. The first-order chi connectivity index (χ1) is 9.76. The Labute approximate surface area is 118 Å². The van der Waals surface area contributed by atoms with Crippen LogP contribution in [0.25, 0.3) is 0 Å². The molecular formula is C12H22N6O2. The Kier molecular flexibility index (Phi) is 5.31. The maximum Gasteiger partial charge on any atom is 0.323 e. The summed E-state index contributed by atoms with van der Waals surface area (Å²) in [6, 6.07) is 0.289. The maximum absolute atomic E-state index is 5.64. The predicted octanol–water partition coefficient (Wildman–Crippen LogP) is 0.561. The van der Waals surface area contributed by atoms with E-state index in [2.05, 4.69) is 25.3 Å². The van der Waals surface area contributed by atoms with Gasteiger partial charge in [-0.15, -0.1) is 0 Å². The second-order valence-corrected chi connectivity index (χ2v) is 4.46. The largest absolute Gasteiger partial charge is 0.464 e. The highest BCUT2D eigenvalue weighted by Crippen LogP contribution is 2.20. The molecule has 2 heterocycles. The number of piperidine rings is 1. The van der Waals surface area contributed by atoms with Crippen LogP contribution in [0.2, 0.25) is 0 Å². The minimum atomic E-state index is 0.289. The highest BCUT2D eigenvalue weighted by molar-refractivity contribution is 5.38. The molecule has 1 aromatic heterocycles. The Morgan fingerprint density at radius 2 is 1.95 bits per heavy atom. The van der Waals surface area contributed by atoms with E-state index >= 15 is 0 Å². The van der Waals surface area contributed by atoms with Gasteiger partial charge in [0.1, 0.15) is 0 Å². The third-order valence-corrected chi connectivity index (χ3v) is 3.13. The van der Waals surface area contributed by atoms with Crippen molar-refractivity contribution in [3.8, 4) is 6.01 Å². The van der Waals surface area contributed by atoms with E-state index in [0.29, 0.717) is 24.6 Å². The summed E-state index contributed by atoms with van der Waals surface area (Å²) in [5.74, 6) is 6.28. The van der Waals surface area contributed by atoms with Crippen molar-refractivity contribution >= 4 is 11.9 Å². The SMILES string of the molecule is CCOc1nc(NN)nc(N2CCC(OCC)CC2)n1. The smallest absolute Gasteiger partial charge is 0.323 e. The molecular weight excluding hydrogens is 260 g/mol. The molecule has 2 rings (SSSR count). The molecule has 0 aliphatic carbocycles. The van der Waals surface area contributed by atoms with Gasteiger partial charge < -0.3 is 14.4 Å². The number of rotatable bonds is 6. The van der Waals surface area contributed by atoms with Gasteiger partial charge in [-0.1, -0.05) is 0 Å². The number of hydrogen-bond donors (Lipinski definition) is 2. The average molecular weight is 282 g/mol. The van der Waals surface area contributed by atoms with Crippen LogP contribution in [0.15, 0.2) is 0 Å². The lowest BCUT2D eigenvalue weighted by Gasteiger charge is -2.31. The van der Waals surface area contributed by atoms with Crippen LogP contribution < -0.4 is 20.9 Å². The summed E-state index contributed by atoms with van der Waals surface area (Å²) in [7, 11) is 0. The summed E-state index contributed by atoms with van der Waals surface area (Å²) in [5.41, 5.74) is 2.44. The number of ether oxygens (including phenoxy) is 2. The minimum Gasteiger partial charge on any atom is -0.464 e. The predicted molar refractivity (Wildman–Crippen MR) is 75.7 cm³/mol. The molecule has 8 nitrogen and oxygen atoms in total. The fraction of sp³-hybridized carbons (Fsp3) is 0.750. The molecule has 0 saturated carbocycles. The van der Waals surface area contributed by atoms with E-state index in [1.165, 1.54) is 0 Å². The standard InChI is InChI=1S/C12H22N6O2/c1-3-19-9-5-7-18(8-6-9)11-14-10(17-13)15-12(16-11)20-4-2/h9H,3-8,13H2,1-2H3,(H,14,15,16,17). The molecule has 3 N–H and O–H groups in total. The van der Waals surface area contributed by atoms with Crippen LogP contribution in [0.3, 0.4) is 0 Å². The molecule has 1 saturated heterocycles. The Balaban J connectivity index is 2.06. The first-order valence-electron chi connectivity index (χ1n) is 6.98. The molecule has 0 atom stereocenters. The molecule has 112 valence electrons. The number of aromatic nitrogens is 3. The van der Waals surface area contributed by atoms with Gasteiger partial charge >= 0.3 is 6.01 Å². The summed E-state index contributed by atoms with van der Waals surface area (Å²) >= 11 is 0. The van der Waals surface area contributed by atoms with Crippen LogP contribution in [0, 0.1) is 0 Å². The van der Waals surface area contributed by atoms with Gasteiger partial charge in [0.25, 0.3) is 0 Å². The van der Waals surface area contributed by atoms with E-state index < -0.39 is 0 Å². The Morgan fingerprint density at radius 3 is 2.55 bits per heavy atom. The van der Waals surface area contributed by atoms with Crippen molar-refractivity contribution in [2.24, 2.45) is 5.84 Å². The molecule has 0 bridgehead atoms. The molecule has 20 heavy (non-hydrogen) atoms. The van der Waals surface area contributed by atoms with Crippen molar-refractivity contribution in [2.75, 3.05) is 36.6 Å². The van der Waals surface area contributed by atoms with Gasteiger partial charge in [-0.05, 0) is 26.7 Å². The number of nitrogen functional groups attached to an aromatic ring is 1. The molecule has 0 spiro atoms. The first-order valence-corrected chi connectivity index (χ1v) is 6.98. The third-order valence-electron chi connectivity index (χ3n) is 3.13. The van der Waals surface area contributed by atoms with E-state index in [-0.39, 0.29) is 6.01 Å². The molecule has 0 amide bonds. The Hall–Kier alpha value is -1.67. The van der Waals surface area contributed by atoms with Crippen molar-refractivity contribution in [2.45, 2.75) is 32.8 Å². The quantitative estimate of drug-likeness (QED) is 0.577. The zero-order valence-electron chi connectivity index (χ0n) is 12.0. The van der Waals surface area contributed by atoms with E-state index in [9.17, 15) is 0 Å². The van der Waals surface area contributed by atoms with E-state index in [1.807, 2.05) is 13.8 Å². The molecule has 1 aliphatic heterocycles. The van der Waals surface area contributed by atoms with Gasteiger partial charge in [-0.2, -0.15) is 15.0 Å². The van der Waals surface area contributed by atoms with Crippen molar-refractivity contribution < 1.29 is 9.47 Å². The number of nitrogens with zero attached hydrogens (tertiary/aromatic N) is 4. The maximum atomic E-state index is 5.64. The van der Waals surface area contributed by atoms with Gasteiger partial charge in [0.15, 0.2) is 0 Å². The van der Waals surface area contributed by atoms with Crippen molar-refractivity contribution in [3.63, 3.8) is 0 Å². The molecule has 8 heteroatoms. The number of nitrogens with one attached hydrogen (secondary N) is 1. The fourth-order valence-electron chi connectivity index (χ4n) is 2.20. The summed E-state index contributed by atoms with van der Waals surface area (Å²) in [6.45, 7) is 6.86. The molecule has 1 fully saturated rings. The van der Waals surface area contributed by atoms with Crippen molar-refractivity contribution in [3.05, 3.63) is 0 Å². The Morgan fingerprint density at radius 1 is 1.20 bits per heavy atom. The van der Waals surface area contributed by atoms with E-state index in [4.69, 9.17) is 15.3 Å². The monoisotopic (exact) mass is 282 g/mol. The topological polar surface area (TPSA) is 98.4 Å². The van der Waals surface area contributed by atoms with E-state index in [1.54, 1.807) is 0 Å². The zero-order chi connectivity index (χ0) is 14.4. The molecule has 0 unspecified atom stereocenters.